The molecular formula is C14H30ClN3O3S. The molecule has 6 nitrogen and oxygen atoms in total. The van der Waals surface area contributed by atoms with Crippen molar-refractivity contribution in [1.82, 2.24) is 9.62 Å². The Morgan fingerprint density at radius 2 is 1.86 bits per heavy atom. The van der Waals surface area contributed by atoms with E-state index in [9.17, 15) is 13.2 Å². The third kappa shape index (κ3) is 7.76. The molecule has 1 fully saturated rings. The Hall–Kier alpha value is -0.370. The number of nitrogens with one attached hydrogen (secondary N) is 1. The number of sulfonamides is 1. The largest absolute Gasteiger partial charge is 0.352 e. The second-order valence-electron chi connectivity index (χ2n) is 6.16. The predicted octanol–water partition coefficient (Wildman–Crippen LogP) is 1.10. The summed E-state index contributed by atoms with van der Waals surface area (Å²) >= 11 is 0. The molecule has 0 aromatic heterocycles. The van der Waals surface area contributed by atoms with Crippen molar-refractivity contribution in [3.63, 3.8) is 0 Å². The molecule has 1 rings (SSSR count). The van der Waals surface area contributed by atoms with E-state index >= 15 is 0 Å². The number of rotatable bonds is 9. The number of nitrogens with zero attached hydrogens (tertiary/aromatic N) is 1. The zero-order valence-corrected chi connectivity index (χ0v) is 15.2. The van der Waals surface area contributed by atoms with Crippen LogP contribution in [0.2, 0.25) is 0 Å². The Bertz CT molecular complexity index is 423. The van der Waals surface area contributed by atoms with Gasteiger partial charge in [0.25, 0.3) is 0 Å². The first-order valence-electron chi connectivity index (χ1n) is 7.82. The molecule has 0 saturated carbocycles. The zero-order valence-electron chi connectivity index (χ0n) is 13.6. The van der Waals surface area contributed by atoms with E-state index in [-0.39, 0.29) is 36.5 Å². The molecule has 1 heterocycles. The van der Waals surface area contributed by atoms with Crippen LogP contribution in [0, 0.1) is 5.92 Å². The van der Waals surface area contributed by atoms with E-state index in [0.29, 0.717) is 32.0 Å². The van der Waals surface area contributed by atoms with Gasteiger partial charge in [-0.1, -0.05) is 13.8 Å². The summed E-state index contributed by atoms with van der Waals surface area (Å²) in [6.07, 6.45) is 3.32. The number of hydrogen-bond acceptors (Lipinski definition) is 4. The van der Waals surface area contributed by atoms with Crippen LogP contribution in [-0.2, 0) is 14.8 Å². The third-order valence-corrected chi connectivity index (χ3v) is 5.63. The molecule has 3 N–H and O–H groups in total. The molecule has 1 saturated heterocycles. The molecule has 0 radical (unpaired) electrons. The Morgan fingerprint density at radius 3 is 2.36 bits per heavy atom. The number of hydrogen-bond donors (Lipinski definition) is 2. The predicted molar refractivity (Wildman–Crippen MR) is 91.5 cm³/mol. The number of carbonyl (C=O) groups is 1. The second-order valence-corrected chi connectivity index (χ2v) is 8.24. The maximum absolute atomic E-state index is 12.0. The fourth-order valence-electron chi connectivity index (χ4n) is 2.59. The average Bonchev–Trinajstić information content (AvgIpc) is 2.91. The minimum absolute atomic E-state index is 0. The summed E-state index contributed by atoms with van der Waals surface area (Å²) in [5.41, 5.74) is 5.63. The normalized spacial score (nSPS) is 17.3. The summed E-state index contributed by atoms with van der Waals surface area (Å²) < 4.78 is 25.6. The Labute approximate surface area is 140 Å². The van der Waals surface area contributed by atoms with Crippen molar-refractivity contribution >= 4 is 28.3 Å². The lowest BCUT2D eigenvalue weighted by molar-refractivity contribution is -0.121. The van der Waals surface area contributed by atoms with Crippen molar-refractivity contribution in [2.75, 3.05) is 25.4 Å². The van der Waals surface area contributed by atoms with Gasteiger partial charge in [0.05, 0.1) is 5.75 Å². The van der Waals surface area contributed by atoms with Gasteiger partial charge in [0.2, 0.25) is 15.9 Å². The van der Waals surface area contributed by atoms with Gasteiger partial charge in [-0.3, -0.25) is 4.79 Å². The maximum atomic E-state index is 12.0. The van der Waals surface area contributed by atoms with Crippen molar-refractivity contribution < 1.29 is 13.2 Å². The van der Waals surface area contributed by atoms with E-state index in [2.05, 4.69) is 19.2 Å². The Morgan fingerprint density at radius 1 is 1.27 bits per heavy atom. The van der Waals surface area contributed by atoms with Gasteiger partial charge in [0.15, 0.2) is 0 Å². The SMILES string of the molecule is CC(C)CC(CN)NC(=O)CCCS(=O)(=O)N1CCCC1.Cl. The van der Waals surface area contributed by atoms with Crippen LogP contribution in [0.15, 0.2) is 0 Å². The van der Waals surface area contributed by atoms with Gasteiger partial charge in [-0.05, 0) is 31.6 Å². The van der Waals surface area contributed by atoms with Crippen LogP contribution in [0.25, 0.3) is 0 Å². The zero-order chi connectivity index (χ0) is 15.9. The molecule has 0 bridgehead atoms. The minimum atomic E-state index is -3.18. The number of halogens is 1. The first-order valence-corrected chi connectivity index (χ1v) is 9.43. The first-order chi connectivity index (χ1) is 9.85. The van der Waals surface area contributed by atoms with E-state index in [0.717, 1.165) is 19.3 Å². The topological polar surface area (TPSA) is 92.5 Å². The minimum Gasteiger partial charge on any atom is -0.352 e. The molecule has 0 aromatic carbocycles. The molecule has 1 aliphatic heterocycles. The molecule has 22 heavy (non-hydrogen) atoms. The van der Waals surface area contributed by atoms with Crippen LogP contribution in [0.4, 0.5) is 0 Å². The molecule has 1 amide bonds. The van der Waals surface area contributed by atoms with Crippen LogP contribution in [-0.4, -0.2) is 50.1 Å². The Balaban J connectivity index is 0.00000441. The second kappa shape index (κ2) is 10.4. The summed E-state index contributed by atoms with van der Waals surface area (Å²) in [4.78, 5) is 11.8. The van der Waals surface area contributed by atoms with Crippen molar-refractivity contribution in [2.45, 2.75) is 52.0 Å². The highest BCUT2D eigenvalue weighted by molar-refractivity contribution is 7.89. The van der Waals surface area contributed by atoms with Crippen LogP contribution >= 0.6 is 12.4 Å². The number of nitrogens with two attached hydrogens (primary N) is 1. The van der Waals surface area contributed by atoms with E-state index < -0.39 is 10.0 Å². The molecule has 0 spiro atoms. The summed E-state index contributed by atoms with van der Waals surface area (Å²) in [6.45, 7) is 5.82. The van der Waals surface area contributed by atoms with Gasteiger partial charge < -0.3 is 11.1 Å². The standard InChI is InChI=1S/C14H29N3O3S.ClH/c1-12(2)10-13(11-15)16-14(18)6-5-9-21(19,20)17-7-3-4-8-17;/h12-13H,3-11,15H2,1-2H3,(H,16,18);1H. The quantitative estimate of drug-likeness (QED) is 0.647. The summed E-state index contributed by atoms with van der Waals surface area (Å²) in [5, 5.41) is 2.88. The molecular weight excluding hydrogens is 326 g/mol. The van der Waals surface area contributed by atoms with Crippen LogP contribution < -0.4 is 11.1 Å². The monoisotopic (exact) mass is 355 g/mol. The van der Waals surface area contributed by atoms with Crippen molar-refractivity contribution in [3.05, 3.63) is 0 Å². The molecule has 8 heteroatoms. The highest BCUT2D eigenvalue weighted by Crippen LogP contribution is 2.14. The van der Waals surface area contributed by atoms with E-state index in [1.807, 2.05) is 0 Å². The van der Waals surface area contributed by atoms with Crippen LogP contribution in [0.5, 0.6) is 0 Å². The summed E-state index contributed by atoms with van der Waals surface area (Å²) in [7, 11) is -3.18. The molecule has 1 aliphatic rings. The number of carbonyl (C=O) groups excluding carboxylic acids is 1. The van der Waals surface area contributed by atoms with E-state index in [1.165, 1.54) is 4.31 Å². The lowest BCUT2D eigenvalue weighted by atomic mass is 10.0. The highest BCUT2D eigenvalue weighted by atomic mass is 35.5. The van der Waals surface area contributed by atoms with Crippen LogP contribution in [0.3, 0.4) is 0 Å². The van der Waals surface area contributed by atoms with Crippen molar-refractivity contribution in [1.29, 1.82) is 0 Å². The van der Waals surface area contributed by atoms with Gasteiger partial charge >= 0.3 is 0 Å². The van der Waals surface area contributed by atoms with Crippen LogP contribution in [0.1, 0.15) is 46.0 Å². The first kappa shape index (κ1) is 21.6. The highest BCUT2D eigenvalue weighted by Gasteiger charge is 2.25. The van der Waals surface area contributed by atoms with Gasteiger partial charge in [-0.2, -0.15) is 0 Å². The molecule has 132 valence electrons. The Kier molecular flexibility index (Phi) is 10.2. The van der Waals surface area contributed by atoms with E-state index in [4.69, 9.17) is 5.73 Å². The molecule has 1 unspecified atom stereocenters. The van der Waals surface area contributed by atoms with Gasteiger partial charge in [0.1, 0.15) is 0 Å². The van der Waals surface area contributed by atoms with Gasteiger partial charge in [0, 0.05) is 32.1 Å². The summed E-state index contributed by atoms with van der Waals surface area (Å²) in [6, 6.07) is -0.0207. The molecule has 0 aromatic rings. The summed E-state index contributed by atoms with van der Waals surface area (Å²) in [5.74, 6) is 0.412. The third-order valence-electron chi connectivity index (χ3n) is 3.67. The fraction of sp³-hybridized carbons (Fsp3) is 0.929. The van der Waals surface area contributed by atoms with Crippen molar-refractivity contribution in [2.24, 2.45) is 11.7 Å². The van der Waals surface area contributed by atoms with Gasteiger partial charge in [-0.25, -0.2) is 12.7 Å². The van der Waals surface area contributed by atoms with Gasteiger partial charge in [-0.15, -0.1) is 12.4 Å². The van der Waals surface area contributed by atoms with Crippen molar-refractivity contribution in [3.8, 4) is 0 Å². The average molecular weight is 356 g/mol. The van der Waals surface area contributed by atoms with E-state index in [1.54, 1.807) is 0 Å². The lowest BCUT2D eigenvalue weighted by Crippen LogP contribution is -2.41. The lowest BCUT2D eigenvalue weighted by Gasteiger charge is -2.19. The molecule has 0 aliphatic carbocycles. The maximum Gasteiger partial charge on any atom is 0.220 e. The molecule has 1 atom stereocenters. The number of amides is 1. The smallest absolute Gasteiger partial charge is 0.220 e. The fourth-order valence-corrected chi connectivity index (χ4v) is 4.18.